The molecule has 0 bridgehead atoms. The molecule has 0 saturated heterocycles. The van der Waals surface area contributed by atoms with Gasteiger partial charge in [-0.1, -0.05) is 22.4 Å². The van der Waals surface area contributed by atoms with Crippen molar-refractivity contribution in [1.82, 2.24) is 10.6 Å². The van der Waals surface area contributed by atoms with Crippen LogP contribution in [0.4, 0.5) is 0 Å². The van der Waals surface area contributed by atoms with Gasteiger partial charge in [0.15, 0.2) is 17.2 Å². The summed E-state index contributed by atoms with van der Waals surface area (Å²) in [4.78, 5) is 25.5. The Morgan fingerprint density at radius 3 is 1.43 bits per heavy atom. The number of hydrogen-bond donors (Lipinski definition) is 7. The molecule has 4 rings (SSSR count). The molecule has 0 heterocycles. The number of ether oxygens (including phenoxy) is 1. The fourth-order valence-corrected chi connectivity index (χ4v) is 7.48. The number of amides is 2. The fraction of sp³-hybridized carbons (Fsp3) is 0.176. The number of rotatable bonds is 14. The minimum absolute atomic E-state index is 0.0192. The van der Waals surface area contributed by atoms with Gasteiger partial charge < -0.3 is 41.1 Å². The maximum Gasteiger partial charge on any atom is 0.269 e. The number of aromatic hydroxyl groups is 3. The van der Waals surface area contributed by atoms with E-state index in [0.717, 1.165) is 11.1 Å². The van der Waals surface area contributed by atoms with Crippen molar-refractivity contribution in [3.05, 3.63) is 105 Å². The lowest BCUT2D eigenvalue weighted by molar-refractivity contribution is -0.115. The minimum atomic E-state index is -0.590. The molecule has 2 amide bonds. The molecule has 0 aromatic heterocycles. The van der Waals surface area contributed by atoms with Crippen LogP contribution in [-0.2, 0) is 35.3 Å². The van der Waals surface area contributed by atoms with Gasteiger partial charge in [-0.25, -0.2) is 0 Å². The number of carbonyl (C=O) groups is 2. The van der Waals surface area contributed by atoms with Crippen LogP contribution in [0.2, 0.25) is 0 Å². The van der Waals surface area contributed by atoms with E-state index in [-0.39, 0.29) is 70.6 Å². The van der Waals surface area contributed by atoms with Crippen LogP contribution in [-0.4, -0.2) is 62.1 Å². The smallest absolute Gasteiger partial charge is 0.269 e. The molecule has 268 valence electrons. The van der Waals surface area contributed by atoms with E-state index in [1.165, 1.54) is 6.07 Å². The van der Waals surface area contributed by atoms with Crippen LogP contribution in [0, 0.1) is 0 Å². The van der Waals surface area contributed by atoms with E-state index in [1.807, 2.05) is 0 Å². The third-order valence-electron chi connectivity index (χ3n) is 7.29. The van der Waals surface area contributed by atoms with E-state index in [9.17, 15) is 35.3 Å². The first-order valence-electron chi connectivity index (χ1n) is 14.9. The first-order valence-corrected chi connectivity index (χ1v) is 18.9. The van der Waals surface area contributed by atoms with Gasteiger partial charge in [-0.15, -0.1) is 0 Å². The molecule has 0 radical (unpaired) electrons. The molecule has 0 unspecified atom stereocenters. The van der Waals surface area contributed by atoms with Crippen LogP contribution in [0.1, 0.15) is 22.3 Å². The van der Waals surface area contributed by atoms with Gasteiger partial charge in [0.05, 0.1) is 22.4 Å². The van der Waals surface area contributed by atoms with Gasteiger partial charge >= 0.3 is 0 Å². The zero-order valence-corrected chi connectivity index (χ0v) is 34.2. The van der Waals surface area contributed by atoms with Crippen molar-refractivity contribution in [1.29, 1.82) is 0 Å². The second-order valence-electron chi connectivity index (χ2n) is 10.9. The Labute approximate surface area is 334 Å². The number of nitrogens with zero attached hydrogens (tertiary/aromatic N) is 2. The molecule has 0 aliphatic carbocycles. The van der Waals surface area contributed by atoms with Crippen LogP contribution < -0.4 is 15.4 Å². The molecule has 4 aromatic carbocycles. The van der Waals surface area contributed by atoms with Crippen molar-refractivity contribution in [2.24, 2.45) is 10.3 Å². The van der Waals surface area contributed by atoms with E-state index < -0.39 is 11.8 Å². The maximum atomic E-state index is 12.8. The predicted octanol–water partition coefficient (Wildman–Crippen LogP) is 7.87. The summed E-state index contributed by atoms with van der Waals surface area (Å²) in [6, 6.07) is 16.4. The molecule has 51 heavy (non-hydrogen) atoms. The normalized spacial score (nSPS) is 11.7. The molecule has 7 N–H and O–H groups in total. The van der Waals surface area contributed by atoms with Crippen molar-refractivity contribution in [3.63, 3.8) is 0 Å². The Hall–Kier alpha value is -3.64. The highest BCUT2D eigenvalue weighted by molar-refractivity contribution is 9.11. The molecule has 0 atom stereocenters. The average Bonchev–Trinajstić information content (AvgIpc) is 3.09. The summed E-state index contributed by atoms with van der Waals surface area (Å²) in [6.45, 7) is 0.513. The Morgan fingerprint density at radius 1 is 0.588 bits per heavy atom. The Bertz CT molecular complexity index is 1980. The van der Waals surface area contributed by atoms with Crippen molar-refractivity contribution >= 4 is 103 Å². The summed E-state index contributed by atoms with van der Waals surface area (Å²) < 4.78 is 8.30. The van der Waals surface area contributed by atoms with Gasteiger partial charge in [0, 0.05) is 25.9 Å². The maximum absolute atomic E-state index is 12.8. The number of oxime groups is 2. The first-order chi connectivity index (χ1) is 24.3. The van der Waals surface area contributed by atoms with Gasteiger partial charge in [0.1, 0.15) is 22.9 Å². The summed E-state index contributed by atoms with van der Waals surface area (Å²) in [5.74, 6) is -0.842. The largest absolute Gasteiger partial charge is 0.507 e. The fourth-order valence-electron chi connectivity index (χ4n) is 4.69. The lowest BCUT2D eigenvalue weighted by atomic mass is 10.1. The highest BCUT2D eigenvalue weighted by Gasteiger charge is 2.20. The van der Waals surface area contributed by atoms with Crippen LogP contribution in [0.25, 0.3) is 0 Å². The average molecular weight is 1020 g/mol. The second-order valence-corrected chi connectivity index (χ2v) is 15.2. The summed E-state index contributed by atoms with van der Waals surface area (Å²) >= 11 is 16.8. The quantitative estimate of drug-likeness (QED) is 0.0377. The number of phenols is 3. The summed E-state index contributed by atoms with van der Waals surface area (Å²) in [5.41, 5.74) is 2.54. The summed E-state index contributed by atoms with van der Waals surface area (Å²) in [6.07, 6.45) is 0.838. The van der Waals surface area contributed by atoms with Gasteiger partial charge in [0.2, 0.25) is 0 Å². The highest BCUT2D eigenvalue weighted by Crippen LogP contribution is 2.43. The zero-order chi connectivity index (χ0) is 37.2. The Morgan fingerprint density at radius 2 is 1.00 bits per heavy atom. The monoisotopic (exact) mass is 1020 g/mol. The second kappa shape index (κ2) is 18.7. The Kier molecular flexibility index (Phi) is 14.7. The third kappa shape index (κ3) is 11.2. The number of hydrogen-bond acceptors (Lipinski definition) is 10. The lowest BCUT2D eigenvalue weighted by Gasteiger charge is -2.15. The summed E-state index contributed by atoms with van der Waals surface area (Å²) in [5, 5.41) is 61.1. The zero-order valence-electron chi connectivity index (χ0n) is 26.3. The topological polar surface area (TPSA) is 193 Å². The highest BCUT2D eigenvalue weighted by atomic mass is 79.9. The lowest BCUT2D eigenvalue weighted by Crippen LogP contribution is -2.33. The van der Waals surface area contributed by atoms with E-state index >= 15 is 0 Å². The number of halogens is 5. The number of benzene rings is 4. The standard InChI is InChI=1S/C34H29Br5N4O8/c35-21-9-17(1-3-28(21)44)5-7-40-33(47)26(42-49)14-19-12-24(38)32(25(39)13-19)51-30-16-20(11-23(37)31(30)46)15-27(43-50)34(48)41-8-6-18-2-4-29(45)22(36)10-18/h1-4,9-13,16,44-46,49-50H,5-8,14-15H2,(H,40,47)(H,41,48)/b42-26-,43-27-. The number of nitrogens with one attached hydrogen (secondary N) is 2. The Balaban J connectivity index is 1.39. The molecule has 0 aliphatic heterocycles. The predicted molar refractivity (Wildman–Crippen MR) is 209 cm³/mol. The van der Waals surface area contributed by atoms with E-state index in [0.29, 0.717) is 41.9 Å². The van der Waals surface area contributed by atoms with E-state index in [1.54, 1.807) is 54.6 Å². The van der Waals surface area contributed by atoms with E-state index in [4.69, 9.17) is 4.74 Å². The molecular formula is C34H29Br5N4O8. The molecule has 0 fully saturated rings. The van der Waals surface area contributed by atoms with Gasteiger partial charge in [-0.3, -0.25) is 9.59 Å². The molecule has 0 spiro atoms. The third-order valence-corrected chi connectivity index (χ3v) is 10.3. The van der Waals surface area contributed by atoms with Crippen molar-refractivity contribution in [2.75, 3.05) is 13.1 Å². The first kappa shape index (κ1) is 40.1. The van der Waals surface area contributed by atoms with Crippen LogP contribution >= 0.6 is 79.6 Å². The van der Waals surface area contributed by atoms with Crippen LogP contribution in [0.5, 0.6) is 28.7 Å². The van der Waals surface area contributed by atoms with Crippen molar-refractivity contribution in [3.8, 4) is 28.7 Å². The molecule has 4 aromatic rings. The van der Waals surface area contributed by atoms with Gasteiger partial charge in [0.25, 0.3) is 11.8 Å². The van der Waals surface area contributed by atoms with Crippen LogP contribution in [0.3, 0.4) is 0 Å². The van der Waals surface area contributed by atoms with Crippen LogP contribution in [0.15, 0.2) is 93.3 Å². The van der Waals surface area contributed by atoms with Gasteiger partial charge in [-0.05, 0) is 163 Å². The molecule has 0 saturated carbocycles. The van der Waals surface area contributed by atoms with Crippen molar-refractivity contribution < 1.29 is 40.1 Å². The van der Waals surface area contributed by atoms with Crippen molar-refractivity contribution in [2.45, 2.75) is 25.7 Å². The SMILES string of the molecule is O=C(NCCc1ccc(O)c(Br)c1)/C(Cc1cc(Br)c(Oc2cc(C/C(=N/O)C(=O)NCCc3ccc(O)c(Br)c3)cc(Br)c2O)c(Br)c1)=N\O. The molecule has 12 nitrogen and oxygen atoms in total. The number of carbonyl (C=O) groups excluding carboxylic acids is 2. The molecule has 0 aliphatic rings. The summed E-state index contributed by atoms with van der Waals surface area (Å²) in [7, 11) is 0. The molecular weight excluding hydrogens is 992 g/mol. The number of phenolic OH excluding ortho intramolecular Hbond substituents is 3. The minimum Gasteiger partial charge on any atom is -0.507 e. The molecule has 17 heteroatoms. The van der Waals surface area contributed by atoms with Gasteiger partial charge in [-0.2, -0.15) is 0 Å². The van der Waals surface area contributed by atoms with E-state index in [2.05, 4.69) is 101 Å².